The molecule has 3 nitrogen and oxygen atoms in total. The Balaban J connectivity index is 0.935. The fraction of sp³-hybridized carbons (Fsp3) is 0. The van der Waals surface area contributed by atoms with Crippen molar-refractivity contribution >= 4 is 82.4 Å². The molecule has 0 N–H and O–H groups in total. The lowest BCUT2D eigenvalue weighted by molar-refractivity contribution is 0.669. The first kappa shape index (κ1) is 36.9. The minimum Gasteiger partial charge on any atom is -0.456 e. The summed E-state index contributed by atoms with van der Waals surface area (Å²) in [5.74, 6) is 0. The van der Waals surface area contributed by atoms with Crippen LogP contribution in [0.2, 0.25) is 0 Å². The average Bonchev–Trinajstić information content (AvgIpc) is 3.92. The second-order valence-electron chi connectivity index (χ2n) is 16.9. The molecule has 0 aliphatic rings. The van der Waals surface area contributed by atoms with Crippen LogP contribution in [0.5, 0.6) is 0 Å². The molecule has 0 saturated heterocycles. The smallest absolute Gasteiger partial charge is 0.136 e. The number of furan rings is 1. The van der Waals surface area contributed by atoms with E-state index in [0.29, 0.717) is 0 Å². The van der Waals surface area contributed by atoms with E-state index < -0.39 is 0 Å². The molecule has 11 aromatic carbocycles. The molecule has 13 rings (SSSR count). The van der Waals surface area contributed by atoms with Crippen molar-refractivity contribution in [2.75, 3.05) is 4.90 Å². The van der Waals surface area contributed by atoms with Crippen molar-refractivity contribution in [3.8, 4) is 39.1 Å². The zero-order valence-electron chi connectivity index (χ0n) is 35.4. The Morgan fingerprint density at radius 2 is 0.831 bits per heavy atom. The lowest BCUT2D eigenvalue weighted by atomic mass is 9.93. The Bertz CT molecular complexity index is 3900. The molecule has 0 amide bonds. The number of para-hydroxylation sites is 4. The Morgan fingerprint density at radius 1 is 0.292 bits per heavy atom. The van der Waals surface area contributed by atoms with E-state index in [4.69, 9.17) is 4.42 Å². The first-order valence-corrected chi connectivity index (χ1v) is 22.2. The van der Waals surface area contributed by atoms with Gasteiger partial charge in [-0.1, -0.05) is 164 Å². The van der Waals surface area contributed by atoms with Crippen LogP contribution in [0.15, 0.2) is 247 Å². The highest BCUT2D eigenvalue weighted by Crippen LogP contribution is 2.42. The molecule has 0 aliphatic carbocycles. The molecule has 2 aromatic heterocycles. The number of rotatable bonds is 7. The number of fused-ring (bicyclic) bond motifs is 9. The van der Waals surface area contributed by atoms with Crippen molar-refractivity contribution in [3.05, 3.63) is 243 Å². The largest absolute Gasteiger partial charge is 0.456 e. The third-order valence-electron chi connectivity index (χ3n) is 13.2. The van der Waals surface area contributed by atoms with Gasteiger partial charge in [0.1, 0.15) is 11.2 Å². The van der Waals surface area contributed by atoms with Crippen LogP contribution in [-0.2, 0) is 0 Å². The summed E-state index contributed by atoms with van der Waals surface area (Å²) in [5, 5.41) is 9.80. The standard InChI is InChI=1S/C62H40N2O/c1-2-17-49-45(14-1)39-57(52-20-4-3-19-51(49)52)42-30-35-47(36-31-42)63(48-16-13-15-43(38-48)44-32-37-56-55-23-8-12-27-61(55)65-62(56)40-44)46-33-28-41(29-34-46)50-18-5-9-24-58(50)64-59-25-10-6-21-53(59)54-22-7-11-26-60(54)64/h1-40H. The van der Waals surface area contributed by atoms with Crippen molar-refractivity contribution in [2.45, 2.75) is 0 Å². The molecule has 0 atom stereocenters. The molecule has 3 heteroatoms. The Hall–Kier alpha value is -8.66. The zero-order chi connectivity index (χ0) is 42.8. The van der Waals surface area contributed by atoms with Gasteiger partial charge in [-0.05, 0) is 128 Å². The molecule has 0 unspecified atom stereocenters. The van der Waals surface area contributed by atoms with Gasteiger partial charge in [0.15, 0.2) is 0 Å². The van der Waals surface area contributed by atoms with Crippen LogP contribution in [0.3, 0.4) is 0 Å². The van der Waals surface area contributed by atoms with Crippen molar-refractivity contribution < 1.29 is 4.42 Å². The van der Waals surface area contributed by atoms with E-state index in [2.05, 4.69) is 240 Å². The summed E-state index contributed by atoms with van der Waals surface area (Å²) in [6, 6.07) is 87.7. The molecule has 0 fully saturated rings. The average molecular weight is 829 g/mol. The predicted octanol–water partition coefficient (Wildman–Crippen LogP) is 17.5. The lowest BCUT2D eigenvalue weighted by Crippen LogP contribution is -2.10. The Morgan fingerprint density at radius 3 is 1.57 bits per heavy atom. The van der Waals surface area contributed by atoms with Crippen LogP contribution in [0.25, 0.3) is 104 Å². The molecule has 0 radical (unpaired) electrons. The maximum Gasteiger partial charge on any atom is 0.136 e. The van der Waals surface area contributed by atoms with Crippen LogP contribution in [0.4, 0.5) is 17.1 Å². The van der Waals surface area contributed by atoms with Gasteiger partial charge in [-0.15, -0.1) is 0 Å². The quantitative estimate of drug-likeness (QED) is 0.149. The van der Waals surface area contributed by atoms with E-state index in [1.54, 1.807) is 0 Å². The first-order chi connectivity index (χ1) is 32.2. The molecule has 0 aliphatic heterocycles. The van der Waals surface area contributed by atoms with Crippen LogP contribution in [-0.4, -0.2) is 4.57 Å². The highest BCUT2D eigenvalue weighted by atomic mass is 16.3. The summed E-state index contributed by atoms with van der Waals surface area (Å²) in [7, 11) is 0. The first-order valence-electron chi connectivity index (χ1n) is 22.2. The highest BCUT2D eigenvalue weighted by Gasteiger charge is 2.19. The molecular weight excluding hydrogens is 789 g/mol. The minimum absolute atomic E-state index is 0.888. The molecule has 0 saturated carbocycles. The number of benzene rings is 11. The summed E-state index contributed by atoms with van der Waals surface area (Å²) in [6.07, 6.45) is 0. The van der Waals surface area contributed by atoms with Gasteiger partial charge in [-0.3, -0.25) is 0 Å². The number of hydrogen-bond donors (Lipinski definition) is 0. The molecule has 0 bridgehead atoms. The van der Waals surface area contributed by atoms with E-state index in [-0.39, 0.29) is 0 Å². The normalized spacial score (nSPS) is 11.7. The molecule has 65 heavy (non-hydrogen) atoms. The van der Waals surface area contributed by atoms with E-state index >= 15 is 0 Å². The number of hydrogen-bond acceptors (Lipinski definition) is 2. The van der Waals surface area contributed by atoms with Crippen LogP contribution in [0.1, 0.15) is 0 Å². The minimum atomic E-state index is 0.888. The van der Waals surface area contributed by atoms with Crippen LogP contribution < -0.4 is 4.90 Å². The highest BCUT2D eigenvalue weighted by molar-refractivity contribution is 6.14. The van der Waals surface area contributed by atoms with Gasteiger partial charge in [0, 0.05) is 44.2 Å². The van der Waals surface area contributed by atoms with Gasteiger partial charge in [-0.25, -0.2) is 0 Å². The maximum atomic E-state index is 6.34. The third-order valence-corrected chi connectivity index (χ3v) is 13.2. The summed E-state index contributed by atoms with van der Waals surface area (Å²) in [6.45, 7) is 0. The Kier molecular flexibility index (Phi) is 8.53. The topological polar surface area (TPSA) is 21.3 Å². The van der Waals surface area contributed by atoms with Crippen molar-refractivity contribution in [3.63, 3.8) is 0 Å². The summed E-state index contributed by atoms with van der Waals surface area (Å²) < 4.78 is 8.75. The zero-order valence-corrected chi connectivity index (χ0v) is 35.4. The van der Waals surface area contributed by atoms with Crippen molar-refractivity contribution in [1.29, 1.82) is 0 Å². The van der Waals surface area contributed by atoms with Gasteiger partial charge in [0.2, 0.25) is 0 Å². The van der Waals surface area contributed by atoms with E-state index in [0.717, 1.165) is 61.4 Å². The molecule has 13 aromatic rings. The van der Waals surface area contributed by atoms with Gasteiger partial charge >= 0.3 is 0 Å². The summed E-state index contributed by atoms with van der Waals surface area (Å²) in [5.41, 5.74) is 15.5. The van der Waals surface area contributed by atoms with Crippen molar-refractivity contribution in [2.24, 2.45) is 0 Å². The number of nitrogens with zero attached hydrogens (tertiary/aromatic N) is 2. The van der Waals surface area contributed by atoms with Crippen molar-refractivity contribution in [1.82, 2.24) is 4.57 Å². The molecule has 2 heterocycles. The van der Waals surface area contributed by atoms with E-state index in [1.807, 2.05) is 12.1 Å². The monoisotopic (exact) mass is 828 g/mol. The SMILES string of the molecule is c1cc(-c2ccc3c(c2)oc2ccccc23)cc(N(c2ccc(-c3ccccc3-n3c4ccccc4c4ccccc43)cc2)c2ccc(-c3cc4ccccc4c4ccccc34)cc2)c1. The second kappa shape index (κ2) is 15.0. The fourth-order valence-corrected chi connectivity index (χ4v) is 10.1. The summed E-state index contributed by atoms with van der Waals surface area (Å²) in [4.78, 5) is 2.37. The molecule has 0 spiro atoms. The third kappa shape index (κ3) is 6.12. The molecule has 304 valence electrons. The Labute approximate surface area is 376 Å². The fourth-order valence-electron chi connectivity index (χ4n) is 10.1. The maximum absolute atomic E-state index is 6.34. The number of anilines is 3. The van der Waals surface area contributed by atoms with Gasteiger partial charge in [0.25, 0.3) is 0 Å². The van der Waals surface area contributed by atoms with Gasteiger partial charge in [-0.2, -0.15) is 0 Å². The van der Waals surface area contributed by atoms with E-state index in [9.17, 15) is 0 Å². The number of aromatic nitrogens is 1. The van der Waals surface area contributed by atoms with Crippen LogP contribution in [0, 0.1) is 0 Å². The van der Waals surface area contributed by atoms with Gasteiger partial charge in [0.05, 0.1) is 16.7 Å². The van der Waals surface area contributed by atoms with Crippen LogP contribution >= 0.6 is 0 Å². The lowest BCUT2D eigenvalue weighted by Gasteiger charge is -2.26. The van der Waals surface area contributed by atoms with E-state index in [1.165, 1.54) is 60.0 Å². The summed E-state index contributed by atoms with van der Waals surface area (Å²) >= 11 is 0. The predicted molar refractivity (Wildman–Crippen MR) is 274 cm³/mol. The van der Waals surface area contributed by atoms with Gasteiger partial charge < -0.3 is 13.9 Å². The second-order valence-corrected chi connectivity index (χ2v) is 16.9. The molecular formula is C62H40N2O.